The Labute approximate surface area is 136 Å². The Hall–Kier alpha value is -1.63. The number of hydrogen-bond acceptors (Lipinski definition) is 2. The fourth-order valence-electron chi connectivity index (χ4n) is 1.80. The van der Waals surface area contributed by atoms with E-state index in [1.807, 2.05) is 18.2 Å². The van der Waals surface area contributed by atoms with Gasteiger partial charge in [0.2, 0.25) is 0 Å². The van der Waals surface area contributed by atoms with Crippen molar-refractivity contribution in [1.29, 1.82) is 0 Å². The molecule has 3 nitrogen and oxygen atoms in total. The minimum absolute atomic E-state index is 0.0529. The Bertz CT molecular complexity index is 633. The predicted molar refractivity (Wildman–Crippen MR) is 88.0 cm³/mol. The van der Waals surface area contributed by atoms with E-state index in [1.165, 1.54) is 12.1 Å². The highest BCUT2D eigenvalue weighted by Gasteiger charge is 2.14. The maximum atomic E-state index is 13.0. The number of ether oxygens (including phenoxy) is 1. The van der Waals surface area contributed by atoms with E-state index in [1.54, 1.807) is 30.1 Å². The van der Waals surface area contributed by atoms with Gasteiger partial charge in [0, 0.05) is 16.7 Å². The van der Waals surface area contributed by atoms with Gasteiger partial charge >= 0.3 is 0 Å². The zero-order chi connectivity index (χ0) is 15.2. The number of rotatable bonds is 5. The van der Waals surface area contributed by atoms with Crippen LogP contribution in [0, 0.1) is 9.39 Å². The highest BCUT2D eigenvalue weighted by Crippen LogP contribution is 2.14. The molecule has 0 saturated heterocycles. The summed E-state index contributed by atoms with van der Waals surface area (Å²) in [7, 11) is 1.72. The molecule has 0 aliphatic heterocycles. The molecule has 0 bridgehead atoms. The third-order valence-electron chi connectivity index (χ3n) is 2.94. The van der Waals surface area contributed by atoms with Crippen molar-refractivity contribution < 1.29 is 13.9 Å². The molecular formula is C16H15FINO2. The summed E-state index contributed by atoms with van der Waals surface area (Å²) < 4.78 is 19.4. The van der Waals surface area contributed by atoms with Crippen LogP contribution in [0.15, 0.2) is 48.5 Å². The van der Waals surface area contributed by atoms with Crippen molar-refractivity contribution in [2.24, 2.45) is 0 Å². The summed E-state index contributed by atoms with van der Waals surface area (Å²) >= 11 is 2.14. The Morgan fingerprint density at radius 3 is 2.71 bits per heavy atom. The number of carbonyl (C=O) groups excluding carboxylic acids is 1. The summed E-state index contributed by atoms with van der Waals surface area (Å²) in [6.45, 7) is 0.745. The first-order valence-electron chi connectivity index (χ1n) is 6.46. The van der Waals surface area contributed by atoms with E-state index in [-0.39, 0.29) is 11.7 Å². The van der Waals surface area contributed by atoms with Crippen LogP contribution in [0.1, 0.15) is 10.4 Å². The normalized spacial score (nSPS) is 10.2. The Morgan fingerprint density at radius 2 is 2.00 bits per heavy atom. The molecule has 0 atom stereocenters. The fourth-order valence-corrected chi connectivity index (χ4v) is 2.42. The lowest BCUT2D eigenvalue weighted by atomic mass is 10.2. The van der Waals surface area contributed by atoms with Gasteiger partial charge < -0.3 is 9.64 Å². The Morgan fingerprint density at radius 1 is 1.24 bits per heavy atom. The molecule has 2 aromatic rings. The molecule has 0 unspecified atom stereocenters. The van der Waals surface area contributed by atoms with Gasteiger partial charge in [-0.2, -0.15) is 0 Å². The largest absolute Gasteiger partial charge is 0.492 e. The van der Waals surface area contributed by atoms with Crippen LogP contribution in [0.3, 0.4) is 0 Å². The van der Waals surface area contributed by atoms with Crippen molar-refractivity contribution in [3.05, 3.63) is 63.5 Å². The van der Waals surface area contributed by atoms with E-state index in [9.17, 15) is 9.18 Å². The summed E-state index contributed by atoms with van der Waals surface area (Å²) in [6, 6.07) is 13.4. The van der Waals surface area contributed by atoms with Gasteiger partial charge in [-0.1, -0.05) is 18.2 Å². The number of amides is 1. The monoisotopic (exact) mass is 399 g/mol. The van der Waals surface area contributed by atoms with E-state index in [2.05, 4.69) is 22.6 Å². The third kappa shape index (κ3) is 4.42. The van der Waals surface area contributed by atoms with Gasteiger partial charge in [0.15, 0.2) is 0 Å². The van der Waals surface area contributed by atoms with Crippen molar-refractivity contribution in [1.82, 2.24) is 4.90 Å². The molecule has 110 valence electrons. The summed E-state index contributed by atoms with van der Waals surface area (Å²) in [4.78, 5) is 13.9. The molecule has 0 saturated carbocycles. The molecule has 0 heterocycles. The minimum atomic E-state index is -0.337. The predicted octanol–water partition coefficient (Wildman–Crippen LogP) is 3.58. The van der Waals surface area contributed by atoms with Crippen LogP contribution in [-0.4, -0.2) is 31.0 Å². The lowest BCUT2D eigenvalue weighted by Gasteiger charge is -2.18. The standard InChI is InChI=1S/C16H15FINO2/c1-19(16(20)14-7-2-3-8-15(14)18)9-10-21-13-6-4-5-12(17)11-13/h2-8,11H,9-10H2,1H3. The van der Waals surface area contributed by atoms with E-state index in [0.29, 0.717) is 24.5 Å². The summed E-state index contributed by atoms with van der Waals surface area (Å²) in [5.74, 6) is 0.0729. The highest BCUT2D eigenvalue weighted by atomic mass is 127. The van der Waals surface area contributed by atoms with Crippen LogP contribution in [0.2, 0.25) is 0 Å². The zero-order valence-corrected chi connectivity index (χ0v) is 13.7. The van der Waals surface area contributed by atoms with Gasteiger partial charge in [-0.3, -0.25) is 4.79 Å². The van der Waals surface area contributed by atoms with Crippen LogP contribution in [0.5, 0.6) is 5.75 Å². The summed E-state index contributed by atoms with van der Waals surface area (Å²) in [5, 5.41) is 0. The Kier molecular flexibility index (Phi) is 5.55. The third-order valence-corrected chi connectivity index (χ3v) is 3.88. The van der Waals surface area contributed by atoms with Crippen molar-refractivity contribution in [2.45, 2.75) is 0 Å². The number of carbonyl (C=O) groups is 1. The molecule has 0 aromatic heterocycles. The van der Waals surface area contributed by atoms with Crippen LogP contribution in [-0.2, 0) is 0 Å². The summed E-state index contributed by atoms with van der Waals surface area (Å²) in [5.41, 5.74) is 0.673. The second-order valence-corrected chi connectivity index (χ2v) is 5.67. The molecule has 0 aliphatic rings. The van der Waals surface area contributed by atoms with Crippen molar-refractivity contribution >= 4 is 28.5 Å². The van der Waals surface area contributed by atoms with Crippen molar-refractivity contribution in [3.63, 3.8) is 0 Å². The van der Waals surface area contributed by atoms with Crippen molar-refractivity contribution in [2.75, 3.05) is 20.2 Å². The minimum Gasteiger partial charge on any atom is -0.492 e. The quantitative estimate of drug-likeness (QED) is 0.720. The SMILES string of the molecule is CN(CCOc1cccc(F)c1)C(=O)c1ccccc1I. The highest BCUT2D eigenvalue weighted by molar-refractivity contribution is 14.1. The topological polar surface area (TPSA) is 29.5 Å². The van der Waals surface area contributed by atoms with Crippen molar-refractivity contribution in [3.8, 4) is 5.75 Å². The average molecular weight is 399 g/mol. The van der Waals surface area contributed by atoms with Crippen LogP contribution >= 0.6 is 22.6 Å². The molecule has 21 heavy (non-hydrogen) atoms. The van der Waals surface area contributed by atoms with Gasteiger partial charge in [0.1, 0.15) is 18.2 Å². The number of halogens is 2. The lowest BCUT2D eigenvalue weighted by Crippen LogP contribution is -2.31. The van der Waals surface area contributed by atoms with Crippen LogP contribution < -0.4 is 4.74 Å². The van der Waals surface area contributed by atoms with E-state index < -0.39 is 0 Å². The maximum absolute atomic E-state index is 13.0. The van der Waals surface area contributed by atoms with Gasteiger partial charge in [0.25, 0.3) is 5.91 Å². The van der Waals surface area contributed by atoms with E-state index in [0.717, 1.165) is 3.57 Å². The van der Waals surface area contributed by atoms with E-state index >= 15 is 0 Å². The first kappa shape index (κ1) is 15.8. The smallest absolute Gasteiger partial charge is 0.254 e. The molecule has 0 fully saturated rings. The molecule has 0 spiro atoms. The molecule has 0 radical (unpaired) electrons. The summed E-state index contributed by atoms with van der Waals surface area (Å²) in [6.07, 6.45) is 0. The lowest BCUT2D eigenvalue weighted by molar-refractivity contribution is 0.0772. The first-order valence-corrected chi connectivity index (χ1v) is 7.54. The molecular weight excluding hydrogens is 384 g/mol. The first-order chi connectivity index (χ1) is 10.1. The molecule has 0 aliphatic carbocycles. The molecule has 5 heteroatoms. The van der Waals surface area contributed by atoms with Crippen LogP contribution in [0.4, 0.5) is 4.39 Å². The molecule has 1 amide bonds. The van der Waals surface area contributed by atoms with Gasteiger partial charge in [0.05, 0.1) is 12.1 Å². The van der Waals surface area contributed by atoms with E-state index in [4.69, 9.17) is 4.74 Å². The van der Waals surface area contributed by atoms with Crippen LogP contribution in [0.25, 0.3) is 0 Å². The van der Waals surface area contributed by atoms with Gasteiger partial charge in [-0.25, -0.2) is 4.39 Å². The zero-order valence-electron chi connectivity index (χ0n) is 11.6. The van der Waals surface area contributed by atoms with Gasteiger partial charge in [-0.05, 0) is 46.9 Å². The van der Waals surface area contributed by atoms with Gasteiger partial charge in [-0.15, -0.1) is 0 Å². The maximum Gasteiger partial charge on any atom is 0.254 e. The molecule has 0 N–H and O–H groups in total. The second-order valence-electron chi connectivity index (χ2n) is 4.51. The molecule has 2 aromatic carbocycles. The second kappa shape index (κ2) is 7.40. The number of likely N-dealkylation sites (N-methyl/N-ethyl adjacent to an activating group) is 1. The number of benzene rings is 2. The fraction of sp³-hybridized carbons (Fsp3) is 0.188. The number of nitrogens with zero attached hydrogens (tertiary/aromatic N) is 1. The average Bonchev–Trinajstić information content (AvgIpc) is 2.47. The molecule has 2 rings (SSSR count). The number of hydrogen-bond donors (Lipinski definition) is 0. The Balaban J connectivity index is 1.89.